The topological polar surface area (TPSA) is 39.2 Å². The highest BCUT2D eigenvalue weighted by Crippen LogP contribution is 2.41. The molecule has 0 unspecified atom stereocenters. The first kappa shape index (κ1) is 24.4. The van der Waals surface area contributed by atoms with E-state index in [1.165, 1.54) is 0 Å². The molecule has 1 aromatic heterocycles. The third-order valence-electron chi connectivity index (χ3n) is 4.81. The monoisotopic (exact) mass is 447 g/mol. The molecule has 5 heteroatoms. The number of nitrogens with zero attached hydrogens (tertiary/aromatic N) is 1. The molecule has 0 spiro atoms. The van der Waals surface area contributed by atoms with E-state index in [4.69, 9.17) is 32.9 Å². The van der Waals surface area contributed by atoms with Crippen molar-refractivity contribution in [2.75, 3.05) is 6.61 Å². The Bertz CT molecular complexity index is 933. The molecule has 0 N–H and O–H groups in total. The van der Waals surface area contributed by atoms with Crippen LogP contribution in [0.15, 0.2) is 24.3 Å². The van der Waals surface area contributed by atoms with Crippen molar-refractivity contribution < 1.29 is 9.53 Å². The van der Waals surface area contributed by atoms with E-state index in [0.29, 0.717) is 15.6 Å². The van der Waals surface area contributed by atoms with Gasteiger partial charge in [0.15, 0.2) is 0 Å². The number of unbranched alkanes of at least 4 members (excludes halogenated alkanes) is 1. The van der Waals surface area contributed by atoms with Crippen LogP contribution in [0.25, 0.3) is 17.2 Å². The molecule has 0 bridgehead atoms. The van der Waals surface area contributed by atoms with Crippen LogP contribution in [0.2, 0.25) is 10.0 Å². The van der Waals surface area contributed by atoms with Crippen molar-refractivity contribution in [1.29, 1.82) is 0 Å². The molecule has 0 radical (unpaired) electrons. The highest BCUT2D eigenvalue weighted by Gasteiger charge is 2.28. The van der Waals surface area contributed by atoms with Gasteiger partial charge in [0.05, 0.1) is 23.6 Å². The van der Waals surface area contributed by atoms with Gasteiger partial charge in [-0.15, -0.1) is 0 Å². The highest BCUT2D eigenvalue weighted by molar-refractivity contribution is 6.36. The Hall–Kier alpha value is -1.84. The number of benzene rings is 1. The SMILES string of the molecule is CCCC=Cc1c(C(C)C)nc(C(C)C)c(C(=O)OCC)c1-c1ccc(Cl)cc1Cl. The number of pyridine rings is 1. The third kappa shape index (κ3) is 5.44. The molecule has 0 fully saturated rings. The van der Waals surface area contributed by atoms with Crippen LogP contribution in [0.3, 0.4) is 0 Å². The molecule has 2 aromatic rings. The Morgan fingerprint density at radius 2 is 1.77 bits per heavy atom. The Morgan fingerprint density at radius 1 is 1.10 bits per heavy atom. The predicted molar refractivity (Wildman–Crippen MR) is 128 cm³/mol. The average molecular weight is 448 g/mol. The van der Waals surface area contributed by atoms with Gasteiger partial charge in [0.1, 0.15) is 0 Å². The van der Waals surface area contributed by atoms with Crippen molar-refractivity contribution in [2.45, 2.75) is 66.2 Å². The maximum atomic E-state index is 13.2. The van der Waals surface area contributed by atoms with Crippen LogP contribution in [-0.4, -0.2) is 17.6 Å². The van der Waals surface area contributed by atoms with Gasteiger partial charge in [-0.2, -0.15) is 0 Å². The Morgan fingerprint density at radius 3 is 2.30 bits per heavy atom. The van der Waals surface area contributed by atoms with Crippen LogP contribution in [0.1, 0.15) is 93.5 Å². The minimum absolute atomic E-state index is 0.0420. The summed E-state index contributed by atoms with van der Waals surface area (Å²) in [5, 5.41) is 1.04. The normalized spacial score (nSPS) is 11.7. The standard InChI is InChI=1S/C25H31Cl2NO2/c1-7-9-10-11-19-21(18-13-12-17(26)14-20(18)27)22(25(29)30-8-2)24(16(5)6)28-23(19)15(3)4/h10-16H,7-9H2,1-6H3. The van der Waals surface area contributed by atoms with Gasteiger partial charge in [0, 0.05) is 26.7 Å². The fourth-order valence-corrected chi connectivity index (χ4v) is 3.92. The van der Waals surface area contributed by atoms with E-state index < -0.39 is 0 Å². The van der Waals surface area contributed by atoms with Gasteiger partial charge < -0.3 is 4.74 Å². The first-order valence-electron chi connectivity index (χ1n) is 10.6. The minimum atomic E-state index is -0.379. The fourth-order valence-electron chi connectivity index (χ4n) is 3.41. The van der Waals surface area contributed by atoms with Crippen molar-refractivity contribution in [3.8, 4) is 11.1 Å². The van der Waals surface area contributed by atoms with Crippen LogP contribution in [0, 0.1) is 0 Å². The molecule has 0 aliphatic heterocycles. The largest absolute Gasteiger partial charge is 0.462 e. The zero-order valence-electron chi connectivity index (χ0n) is 18.7. The quantitative estimate of drug-likeness (QED) is 0.381. The Kier molecular flexibility index (Phi) is 8.93. The third-order valence-corrected chi connectivity index (χ3v) is 5.35. The number of carbonyl (C=O) groups excluding carboxylic acids is 1. The van der Waals surface area contributed by atoms with Gasteiger partial charge in [0.2, 0.25) is 0 Å². The number of rotatable bonds is 8. The van der Waals surface area contributed by atoms with Crippen LogP contribution < -0.4 is 0 Å². The number of halogens is 2. The number of ether oxygens (including phenoxy) is 1. The molecule has 162 valence electrons. The second-order valence-electron chi connectivity index (χ2n) is 7.89. The number of hydrogen-bond acceptors (Lipinski definition) is 3. The smallest absolute Gasteiger partial charge is 0.340 e. The number of hydrogen-bond donors (Lipinski definition) is 0. The van der Waals surface area contributed by atoms with Crippen LogP contribution in [0.4, 0.5) is 0 Å². The summed E-state index contributed by atoms with van der Waals surface area (Å²) in [6, 6.07) is 5.37. The van der Waals surface area contributed by atoms with Gasteiger partial charge >= 0.3 is 5.97 Å². The first-order valence-corrected chi connectivity index (χ1v) is 11.3. The highest BCUT2D eigenvalue weighted by atomic mass is 35.5. The number of esters is 1. The fraction of sp³-hybridized carbons (Fsp3) is 0.440. The van der Waals surface area contributed by atoms with E-state index in [-0.39, 0.29) is 24.4 Å². The number of carbonyl (C=O) groups is 1. The maximum Gasteiger partial charge on any atom is 0.340 e. The minimum Gasteiger partial charge on any atom is -0.462 e. The van der Waals surface area contributed by atoms with Gasteiger partial charge in [-0.1, -0.05) is 82.5 Å². The molecule has 0 amide bonds. The van der Waals surface area contributed by atoms with Crippen molar-refractivity contribution >= 4 is 35.2 Å². The molecule has 30 heavy (non-hydrogen) atoms. The van der Waals surface area contributed by atoms with Crippen molar-refractivity contribution in [3.63, 3.8) is 0 Å². The number of allylic oxidation sites excluding steroid dienone is 1. The molecule has 1 aromatic carbocycles. The van der Waals surface area contributed by atoms with Crippen molar-refractivity contribution in [1.82, 2.24) is 4.98 Å². The van der Waals surface area contributed by atoms with E-state index in [0.717, 1.165) is 40.9 Å². The van der Waals surface area contributed by atoms with Crippen LogP contribution >= 0.6 is 23.2 Å². The zero-order chi connectivity index (χ0) is 22.4. The van der Waals surface area contributed by atoms with Gasteiger partial charge in [0.25, 0.3) is 0 Å². The van der Waals surface area contributed by atoms with Crippen LogP contribution in [0.5, 0.6) is 0 Å². The average Bonchev–Trinajstić information content (AvgIpc) is 2.67. The summed E-state index contributed by atoms with van der Waals surface area (Å²) in [7, 11) is 0. The summed E-state index contributed by atoms with van der Waals surface area (Å²) in [6.45, 7) is 12.5. The molecular formula is C25H31Cl2NO2. The molecule has 1 heterocycles. The predicted octanol–water partition coefficient (Wildman–Crippen LogP) is 8.29. The van der Waals surface area contributed by atoms with E-state index >= 15 is 0 Å². The molecule has 0 atom stereocenters. The molecule has 2 rings (SSSR count). The summed E-state index contributed by atoms with van der Waals surface area (Å²) < 4.78 is 5.45. The molecule has 0 saturated carbocycles. The van der Waals surface area contributed by atoms with Gasteiger partial charge in [-0.3, -0.25) is 4.98 Å². The molecule has 0 saturated heterocycles. The van der Waals surface area contributed by atoms with Crippen molar-refractivity contribution in [3.05, 3.63) is 56.8 Å². The van der Waals surface area contributed by atoms with E-state index in [1.54, 1.807) is 19.1 Å². The van der Waals surface area contributed by atoms with E-state index in [9.17, 15) is 4.79 Å². The Labute approximate surface area is 190 Å². The summed E-state index contributed by atoms with van der Waals surface area (Å²) in [6.07, 6.45) is 6.16. The lowest BCUT2D eigenvalue weighted by molar-refractivity contribution is 0.0525. The number of aromatic nitrogens is 1. The molecule has 3 nitrogen and oxygen atoms in total. The second kappa shape index (κ2) is 11.0. The lowest BCUT2D eigenvalue weighted by atomic mass is 9.86. The zero-order valence-corrected chi connectivity index (χ0v) is 20.2. The summed E-state index contributed by atoms with van der Waals surface area (Å²) in [5.41, 5.74) is 4.59. The lowest BCUT2D eigenvalue weighted by Gasteiger charge is -2.23. The van der Waals surface area contributed by atoms with Crippen LogP contribution in [-0.2, 0) is 4.74 Å². The van der Waals surface area contributed by atoms with Gasteiger partial charge in [-0.05, 0) is 37.3 Å². The second-order valence-corrected chi connectivity index (χ2v) is 8.73. The van der Waals surface area contributed by atoms with E-state index in [1.807, 2.05) is 19.9 Å². The maximum absolute atomic E-state index is 13.2. The summed E-state index contributed by atoms with van der Waals surface area (Å²) >= 11 is 12.8. The molecule has 0 aliphatic rings. The first-order chi connectivity index (χ1) is 14.2. The van der Waals surface area contributed by atoms with E-state index in [2.05, 4.69) is 32.9 Å². The van der Waals surface area contributed by atoms with Crippen molar-refractivity contribution in [2.24, 2.45) is 0 Å². The van der Waals surface area contributed by atoms with Gasteiger partial charge in [-0.25, -0.2) is 4.79 Å². The lowest BCUT2D eigenvalue weighted by Crippen LogP contribution is -2.16. The summed E-state index contributed by atoms with van der Waals surface area (Å²) in [4.78, 5) is 18.1. The molecular weight excluding hydrogens is 417 g/mol. The Balaban J connectivity index is 3.04. The summed E-state index contributed by atoms with van der Waals surface area (Å²) in [5.74, 6) is -0.166. The molecule has 0 aliphatic carbocycles.